The summed E-state index contributed by atoms with van der Waals surface area (Å²) in [5, 5.41) is 9.58. The van der Waals surface area contributed by atoms with E-state index in [1.165, 1.54) is 14.2 Å². The van der Waals surface area contributed by atoms with Crippen molar-refractivity contribution in [1.29, 1.82) is 0 Å². The number of rotatable bonds is 8. The molecule has 0 amide bonds. The first-order chi connectivity index (χ1) is 14.0. The van der Waals surface area contributed by atoms with Crippen LogP contribution in [0.4, 0.5) is 0 Å². The van der Waals surface area contributed by atoms with Crippen molar-refractivity contribution in [2.75, 3.05) is 14.2 Å². The van der Waals surface area contributed by atoms with Gasteiger partial charge in [-0.2, -0.15) is 9.97 Å². The second-order valence-electron chi connectivity index (χ2n) is 6.51. The lowest BCUT2D eigenvalue weighted by molar-refractivity contribution is -0.137. The highest BCUT2D eigenvalue weighted by Crippen LogP contribution is 2.43. The number of carboxylic acid groups (broad SMARTS) is 1. The van der Waals surface area contributed by atoms with Crippen molar-refractivity contribution in [3.63, 3.8) is 0 Å². The number of carbonyl (C=O) groups is 1. The molecule has 0 aliphatic carbocycles. The number of hydrogen-bond donors (Lipinski definition) is 1. The van der Waals surface area contributed by atoms with Crippen LogP contribution >= 0.6 is 11.8 Å². The highest BCUT2D eigenvalue weighted by atomic mass is 32.2. The van der Waals surface area contributed by atoms with Gasteiger partial charge in [0.2, 0.25) is 11.8 Å². The van der Waals surface area contributed by atoms with Gasteiger partial charge in [-0.15, -0.1) is 0 Å². The molecule has 3 rings (SSSR count). The number of methoxy groups -OCH3 is 2. The van der Waals surface area contributed by atoms with Crippen LogP contribution in [0.5, 0.6) is 11.8 Å². The Labute approximate surface area is 173 Å². The maximum atomic E-state index is 12.5. The van der Waals surface area contributed by atoms with E-state index in [0.29, 0.717) is 11.8 Å². The SMILES string of the molecule is COc1cc(OC)nc(SC(C(=O)O)C(C)(c2ccccc2)c2ccccc2)n1. The Bertz CT molecular complexity index is 905. The third kappa shape index (κ3) is 4.35. The zero-order chi connectivity index (χ0) is 20.9. The summed E-state index contributed by atoms with van der Waals surface area (Å²) in [6, 6.07) is 20.8. The Kier molecular flexibility index (Phi) is 6.39. The summed E-state index contributed by atoms with van der Waals surface area (Å²) in [5.74, 6) is -0.343. The molecule has 0 bridgehead atoms. The molecule has 3 aromatic rings. The minimum Gasteiger partial charge on any atom is -0.481 e. The summed E-state index contributed by atoms with van der Waals surface area (Å²) < 4.78 is 10.4. The van der Waals surface area contributed by atoms with Gasteiger partial charge in [0.1, 0.15) is 5.25 Å². The summed E-state index contributed by atoms with van der Waals surface area (Å²) in [5.41, 5.74) is 0.945. The molecule has 0 saturated heterocycles. The molecule has 0 radical (unpaired) electrons. The molecule has 0 aliphatic rings. The molecule has 0 fully saturated rings. The van der Waals surface area contributed by atoms with Crippen molar-refractivity contribution in [2.45, 2.75) is 22.7 Å². The van der Waals surface area contributed by atoms with Crippen LogP contribution in [0.2, 0.25) is 0 Å². The predicted octanol–water partition coefficient (Wildman–Crippen LogP) is 4.05. The summed E-state index contributed by atoms with van der Waals surface area (Å²) in [7, 11) is 2.98. The molecule has 1 atom stereocenters. The standard InChI is InChI=1S/C22H22N2O4S/c1-22(15-10-6-4-7-11-15,16-12-8-5-9-13-16)19(20(25)26)29-21-23-17(27-2)14-18(24-21)28-3/h4-14,19H,1-3H3,(H,25,26). The first kappa shape index (κ1) is 20.7. The summed E-state index contributed by atoms with van der Waals surface area (Å²) in [6.45, 7) is 1.93. The average molecular weight is 410 g/mol. The number of aliphatic carboxylic acids is 1. The highest BCUT2D eigenvalue weighted by Gasteiger charge is 2.43. The first-order valence-corrected chi connectivity index (χ1v) is 9.84. The van der Waals surface area contributed by atoms with Gasteiger partial charge in [-0.05, 0) is 18.1 Å². The van der Waals surface area contributed by atoms with Crippen molar-refractivity contribution in [1.82, 2.24) is 9.97 Å². The van der Waals surface area contributed by atoms with Crippen LogP contribution in [0.1, 0.15) is 18.1 Å². The lowest BCUT2D eigenvalue weighted by atomic mass is 9.73. The molecule has 0 spiro atoms. The number of thioether (sulfide) groups is 1. The minimum atomic E-state index is -0.962. The van der Waals surface area contributed by atoms with E-state index in [1.54, 1.807) is 6.07 Å². The zero-order valence-corrected chi connectivity index (χ0v) is 17.2. The average Bonchev–Trinajstić information content (AvgIpc) is 2.77. The maximum absolute atomic E-state index is 12.5. The molecule has 0 aliphatic heterocycles. The Morgan fingerprint density at radius 1 is 0.931 bits per heavy atom. The molecule has 150 valence electrons. The van der Waals surface area contributed by atoms with E-state index in [1.807, 2.05) is 67.6 Å². The Hall–Kier alpha value is -3.06. The molecule has 1 unspecified atom stereocenters. The van der Waals surface area contributed by atoms with Gasteiger partial charge in [-0.1, -0.05) is 72.4 Å². The quantitative estimate of drug-likeness (QED) is 0.443. The Balaban J connectivity index is 2.13. The van der Waals surface area contributed by atoms with Gasteiger partial charge in [-0.25, -0.2) is 0 Å². The van der Waals surface area contributed by atoms with Gasteiger partial charge in [0.25, 0.3) is 0 Å². The Morgan fingerprint density at radius 2 is 1.38 bits per heavy atom. The van der Waals surface area contributed by atoms with Gasteiger partial charge in [-0.3, -0.25) is 4.79 Å². The topological polar surface area (TPSA) is 81.5 Å². The molecule has 29 heavy (non-hydrogen) atoms. The van der Waals surface area contributed by atoms with Crippen molar-refractivity contribution >= 4 is 17.7 Å². The maximum Gasteiger partial charge on any atom is 0.318 e. The van der Waals surface area contributed by atoms with Gasteiger partial charge < -0.3 is 14.6 Å². The van der Waals surface area contributed by atoms with Crippen molar-refractivity contribution in [3.8, 4) is 11.8 Å². The van der Waals surface area contributed by atoms with Crippen molar-refractivity contribution in [3.05, 3.63) is 77.9 Å². The number of carboxylic acids is 1. The van der Waals surface area contributed by atoms with E-state index in [2.05, 4.69) is 9.97 Å². The van der Waals surface area contributed by atoms with E-state index in [0.717, 1.165) is 22.9 Å². The van der Waals surface area contributed by atoms with E-state index >= 15 is 0 Å². The van der Waals surface area contributed by atoms with Gasteiger partial charge in [0.15, 0.2) is 5.16 Å². The third-order valence-electron chi connectivity index (χ3n) is 4.80. The van der Waals surface area contributed by atoms with Crippen LogP contribution in [0, 0.1) is 0 Å². The first-order valence-electron chi connectivity index (χ1n) is 8.96. The second kappa shape index (κ2) is 8.96. The summed E-state index contributed by atoms with van der Waals surface area (Å²) >= 11 is 1.07. The second-order valence-corrected chi connectivity index (χ2v) is 7.58. The van der Waals surface area contributed by atoms with Gasteiger partial charge >= 0.3 is 5.97 Å². The van der Waals surface area contributed by atoms with Crippen molar-refractivity contribution < 1.29 is 19.4 Å². The van der Waals surface area contributed by atoms with Gasteiger partial charge in [0, 0.05) is 5.41 Å². The predicted molar refractivity (Wildman–Crippen MR) is 112 cm³/mol. The van der Waals surface area contributed by atoms with Crippen LogP contribution in [0.3, 0.4) is 0 Å². The largest absolute Gasteiger partial charge is 0.481 e. The summed E-state index contributed by atoms with van der Waals surface area (Å²) in [6.07, 6.45) is 0. The van der Waals surface area contributed by atoms with E-state index in [-0.39, 0.29) is 5.16 Å². The highest BCUT2D eigenvalue weighted by molar-refractivity contribution is 8.00. The smallest absolute Gasteiger partial charge is 0.318 e. The van der Waals surface area contributed by atoms with Crippen LogP contribution in [0.25, 0.3) is 0 Å². The monoisotopic (exact) mass is 410 g/mol. The molecular weight excluding hydrogens is 388 g/mol. The number of nitrogens with zero attached hydrogens (tertiary/aromatic N) is 2. The fourth-order valence-corrected chi connectivity index (χ4v) is 4.31. The lowest BCUT2D eigenvalue weighted by Crippen LogP contribution is -2.41. The molecule has 1 heterocycles. The molecule has 1 aromatic heterocycles. The number of benzene rings is 2. The Morgan fingerprint density at radius 3 is 1.76 bits per heavy atom. The fraction of sp³-hybridized carbons (Fsp3) is 0.227. The molecule has 2 aromatic carbocycles. The van der Waals surface area contributed by atoms with E-state index in [4.69, 9.17) is 9.47 Å². The van der Waals surface area contributed by atoms with Crippen LogP contribution < -0.4 is 9.47 Å². The molecule has 1 N–H and O–H groups in total. The number of hydrogen-bond acceptors (Lipinski definition) is 6. The van der Waals surface area contributed by atoms with Crippen LogP contribution in [-0.4, -0.2) is 40.5 Å². The summed E-state index contributed by atoms with van der Waals surface area (Å²) in [4.78, 5) is 21.1. The zero-order valence-electron chi connectivity index (χ0n) is 16.4. The number of aromatic nitrogens is 2. The molecule has 6 nitrogen and oxygen atoms in total. The van der Waals surface area contributed by atoms with Crippen LogP contribution in [0.15, 0.2) is 71.9 Å². The molecule has 7 heteroatoms. The molecule has 0 saturated carbocycles. The number of ether oxygens (including phenoxy) is 2. The minimum absolute atomic E-state index is 0.270. The van der Waals surface area contributed by atoms with Crippen molar-refractivity contribution in [2.24, 2.45) is 0 Å². The lowest BCUT2D eigenvalue weighted by Gasteiger charge is -2.35. The van der Waals surface area contributed by atoms with E-state index in [9.17, 15) is 9.90 Å². The fourth-order valence-electron chi connectivity index (χ4n) is 3.20. The van der Waals surface area contributed by atoms with Gasteiger partial charge in [0.05, 0.1) is 20.3 Å². The molecular formula is C22H22N2O4S. The van der Waals surface area contributed by atoms with Crippen LogP contribution in [-0.2, 0) is 10.2 Å². The van der Waals surface area contributed by atoms with E-state index < -0.39 is 16.6 Å². The third-order valence-corrected chi connectivity index (χ3v) is 6.10. The normalized spacial score (nSPS) is 12.2.